The van der Waals surface area contributed by atoms with Gasteiger partial charge in [-0.2, -0.15) is 0 Å². The summed E-state index contributed by atoms with van der Waals surface area (Å²) in [6, 6.07) is 6.01. The van der Waals surface area contributed by atoms with E-state index in [4.69, 9.17) is 25.8 Å². The van der Waals surface area contributed by atoms with Crippen LogP contribution in [-0.4, -0.2) is 38.1 Å². The second kappa shape index (κ2) is 6.99. The summed E-state index contributed by atoms with van der Waals surface area (Å²) < 4.78 is 16.3. The second-order valence-corrected chi connectivity index (χ2v) is 5.00. The maximum absolute atomic E-state index is 5.52. The summed E-state index contributed by atoms with van der Waals surface area (Å²) in [6.45, 7) is 2.58. The summed E-state index contributed by atoms with van der Waals surface area (Å²) in [5, 5.41) is 0. The van der Waals surface area contributed by atoms with Crippen LogP contribution in [0.4, 0.5) is 0 Å². The highest BCUT2D eigenvalue weighted by Crippen LogP contribution is 2.33. The van der Waals surface area contributed by atoms with Gasteiger partial charge in [0.2, 0.25) is 0 Å². The number of benzene rings is 1. The summed E-state index contributed by atoms with van der Waals surface area (Å²) in [5.41, 5.74) is 0. The molecule has 2 rings (SSSR count). The Bertz CT molecular complexity index is 360. The Kier molecular flexibility index (Phi) is 5.29. The van der Waals surface area contributed by atoms with Crippen molar-refractivity contribution >= 4 is 23.4 Å². The number of thioether (sulfide) groups is 1. The second-order valence-electron chi connectivity index (χ2n) is 3.46. The first kappa shape index (κ1) is 12.9. The van der Waals surface area contributed by atoms with Crippen LogP contribution in [0.5, 0.6) is 11.5 Å². The molecule has 1 aromatic carbocycles. The number of hydrogen-bond donors (Lipinski definition) is 0. The van der Waals surface area contributed by atoms with Gasteiger partial charge in [-0.1, -0.05) is 0 Å². The van der Waals surface area contributed by atoms with Gasteiger partial charge in [-0.25, -0.2) is 0 Å². The topological polar surface area (TPSA) is 27.7 Å². The summed E-state index contributed by atoms with van der Waals surface area (Å²) in [4.78, 5) is 1.17. The van der Waals surface area contributed by atoms with E-state index in [9.17, 15) is 0 Å². The number of ether oxygens (including phenoxy) is 3. The van der Waals surface area contributed by atoms with Crippen molar-refractivity contribution in [3.63, 3.8) is 0 Å². The maximum atomic E-state index is 5.52. The molecule has 0 saturated carbocycles. The molecule has 0 aromatic heterocycles. The van der Waals surface area contributed by atoms with E-state index >= 15 is 0 Å². The molecule has 5 heteroatoms. The Morgan fingerprint density at radius 1 is 1.18 bits per heavy atom. The third kappa shape index (κ3) is 3.98. The highest BCUT2D eigenvalue weighted by Gasteiger charge is 2.11. The lowest BCUT2D eigenvalue weighted by atomic mass is 10.3. The monoisotopic (exact) mass is 274 g/mol. The van der Waals surface area contributed by atoms with Crippen molar-refractivity contribution in [2.75, 3.05) is 38.1 Å². The Balaban J connectivity index is 1.81. The molecule has 3 nitrogen and oxygen atoms in total. The number of hydrogen-bond acceptors (Lipinski definition) is 4. The van der Waals surface area contributed by atoms with Crippen molar-refractivity contribution in [3.05, 3.63) is 18.2 Å². The van der Waals surface area contributed by atoms with Gasteiger partial charge >= 0.3 is 0 Å². The van der Waals surface area contributed by atoms with Gasteiger partial charge in [0.25, 0.3) is 0 Å². The van der Waals surface area contributed by atoms with Crippen LogP contribution in [-0.2, 0) is 4.74 Å². The standard InChI is InChI=1S/C12H15ClO3S/c13-3-4-14-7-8-17-10-1-2-11-12(9-10)16-6-5-15-11/h1-2,9H,3-8H2. The number of fused-ring (bicyclic) bond motifs is 1. The molecule has 0 saturated heterocycles. The zero-order valence-electron chi connectivity index (χ0n) is 9.49. The molecule has 1 aliphatic heterocycles. The first-order chi connectivity index (χ1) is 8.40. The van der Waals surface area contributed by atoms with Crippen LogP contribution in [0.1, 0.15) is 0 Å². The summed E-state index contributed by atoms with van der Waals surface area (Å²) in [5.74, 6) is 3.13. The number of alkyl halides is 1. The molecule has 0 bridgehead atoms. The van der Waals surface area contributed by atoms with Crippen LogP contribution >= 0.6 is 23.4 Å². The van der Waals surface area contributed by atoms with Crippen LogP contribution in [0, 0.1) is 0 Å². The van der Waals surface area contributed by atoms with Crippen LogP contribution in [0.2, 0.25) is 0 Å². The number of rotatable bonds is 6. The van der Waals surface area contributed by atoms with E-state index in [1.54, 1.807) is 11.8 Å². The molecule has 0 radical (unpaired) electrons. The fraction of sp³-hybridized carbons (Fsp3) is 0.500. The molecular weight excluding hydrogens is 260 g/mol. The third-order valence-corrected chi connectivity index (χ3v) is 3.34. The molecule has 0 aliphatic carbocycles. The SMILES string of the molecule is ClCCOCCSc1ccc2c(c1)OCCO2. The van der Waals surface area contributed by atoms with Gasteiger partial charge < -0.3 is 14.2 Å². The van der Waals surface area contributed by atoms with Crippen LogP contribution < -0.4 is 9.47 Å². The molecule has 1 aromatic rings. The predicted octanol–water partition coefficient (Wildman–Crippen LogP) is 2.81. The fourth-order valence-electron chi connectivity index (χ4n) is 1.49. The fourth-order valence-corrected chi connectivity index (χ4v) is 2.39. The highest BCUT2D eigenvalue weighted by atomic mass is 35.5. The third-order valence-electron chi connectivity index (χ3n) is 2.23. The summed E-state index contributed by atoms with van der Waals surface area (Å²) >= 11 is 7.25. The van der Waals surface area contributed by atoms with Crippen molar-refractivity contribution in [2.45, 2.75) is 4.90 Å². The van der Waals surface area contributed by atoms with Crippen molar-refractivity contribution in [1.82, 2.24) is 0 Å². The van der Waals surface area contributed by atoms with Crippen LogP contribution in [0.25, 0.3) is 0 Å². The predicted molar refractivity (Wildman–Crippen MR) is 69.7 cm³/mol. The maximum Gasteiger partial charge on any atom is 0.162 e. The summed E-state index contributed by atoms with van der Waals surface area (Å²) in [7, 11) is 0. The highest BCUT2D eigenvalue weighted by molar-refractivity contribution is 7.99. The van der Waals surface area contributed by atoms with Crippen molar-refractivity contribution < 1.29 is 14.2 Å². The van der Waals surface area contributed by atoms with E-state index in [1.165, 1.54) is 4.90 Å². The molecule has 0 atom stereocenters. The van der Waals surface area contributed by atoms with Crippen molar-refractivity contribution in [2.24, 2.45) is 0 Å². The van der Waals surface area contributed by atoms with Gasteiger partial charge in [-0.3, -0.25) is 0 Å². The van der Waals surface area contributed by atoms with Gasteiger partial charge in [-0.15, -0.1) is 23.4 Å². The number of halogens is 1. The van der Waals surface area contributed by atoms with E-state index in [2.05, 4.69) is 0 Å². The molecular formula is C12H15ClO3S. The van der Waals surface area contributed by atoms with E-state index < -0.39 is 0 Å². The zero-order chi connectivity index (χ0) is 11.9. The molecule has 1 heterocycles. The van der Waals surface area contributed by atoms with E-state index in [1.807, 2.05) is 18.2 Å². The minimum Gasteiger partial charge on any atom is -0.486 e. The average Bonchev–Trinajstić information content (AvgIpc) is 2.38. The lowest BCUT2D eigenvalue weighted by Crippen LogP contribution is -2.15. The Labute approximate surface area is 110 Å². The van der Waals surface area contributed by atoms with Crippen molar-refractivity contribution in [1.29, 1.82) is 0 Å². The van der Waals surface area contributed by atoms with E-state index in [0.29, 0.717) is 32.3 Å². The van der Waals surface area contributed by atoms with Crippen LogP contribution in [0.3, 0.4) is 0 Å². The molecule has 1 aliphatic rings. The van der Waals surface area contributed by atoms with Gasteiger partial charge in [0, 0.05) is 16.5 Å². The molecule has 0 fully saturated rings. The Morgan fingerprint density at radius 2 is 2.00 bits per heavy atom. The molecule has 0 N–H and O–H groups in total. The summed E-state index contributed by atoms with van der Waals surface area (Å²) in [6.07, 6.45) is 0. The molecule has 94 valence electrons. The Hall–Kier alpha value is -0.580. The lowest BCUT2D eigenvalue weighted by molar-refractivity contribution is 0.166. The first-order valence-electron chi connectivity index (χ1n) is 5.56. The smallest absolute Gasteiger partial charge is 0.162 e. The molecule has 0 unspecified atom stereocenters. The van der Waals surface area contributed by atoms with Gasteiger partial charge in [0.05, 0.1) is 13.2 Å². The van der Waals surface area contributed by atoms with Crippen LogP contribution in [0.15, 0.2) is 23.1 Å². The van der Waals surface area contributed by atoms with Gasteiger partial charge in [-0.05, 0) is 18.2 Å². The minimum absolute atomic E-state index is 0.550. The average molecular weight is 275 g/mol. The van der Waals surface area contributed by atoms with Crippen molar-refractivity contribution in [3.8, 4) is 11.5 Å². The van der Waals surface area contributed by atoms with Gasteiger partial charge in [0.1, 0.15) is 13.2 Å². The lowest BCUT2D eigenvalue weighted by Gasteiger charge is -2.18. The molecule has 17 heavy (non-hydrogen) atoms. The quantitative estimate of drug-likeness (QED) is 0.453. The largest absolute Gasteiger partial charge is 0.486 e. The minimum atomic E-state index is 0.550. The molecule has 0 amide bonds. The Morgan fingerprint density at radius 3 is 2.82 bits per heavy atom. The normalized spacial score (nSPS) is 13.7. The van der Waals surface area contributed by atoms with E-state index in [-0.39, 0.29) is 0 Å². The van der Waals surface area contributed by atoms with Gasteiger partial charge in [0.15, 0.2) is 11.5 Å². The zero-order valence-corrected chi connectivity index (χ0v) is 11.1. The first-order valence-corrected chi connectivity index (χ1v) is 7.08. The molecule has 0 spiro atoms. The van der Waals surface area contributed by atoms with E-state index in [0.717, 1.165) is 17.3 Å².